The van der Waals surface area contributed by atoms with Crippen molar-refractivity contribution in [3.8, 4) is 5.75 Å². The highest BCUT2D eigenvalue weighted by atomic mass is 16.5. The summed E-state index contributed by atoms with van der Waals surface area (Å²) in [6, 6.07) is 1.90. The molecule has 92 valence electrons. The fourth-order valence-corrected chi connectivity index (χ4v) is 2.58. The Bertz CT molecular complexity index is 405. The van der Waals surface area contributed by atoms with Crippen molar-refractivity contribution in [1.29, 1.82) is 0 Å². The van der Waals surface area contributed by atoms with Crippen LogP contribution in [-0.2, 0) is 4.79 Å². The van der Waals surface area contributed by atoms with Gasteiger partial charge in [0.05, 0.1) is 19.2 Å². The maximum atomic E-state index is 11.2. The molecule has 0 bridgehead atoms. The lowest BCUT2D eigenvalue weighted by Gasteiger charge is -2.28. The minimum absolute atomic E-state index is 0.0730. The molecular formula is C13H17NO3. The molecule has 2 unspecified atom stereocenters. The van der Waals surface area contributed by atoms with Crippen LogP contribution in [0.4, 0.5) is 0 Å². The number of ether oxygens (including phenoxy) is 1. The molecule has 2 atom stereocenters. The number of pyridine rings is 1. The molecule has 0 aromatic carbocycles. The van der Waals surface area contributed by atoms with Gasteiger partial charge in [0, 0.05) is 6.20 Å². The molecule has 4 heteroatoms. The topological polar surface area (TPSA) is 59.4 Å². The third-order valence-electron chi connectivity index (χ3n) is 3.48. The normalized spacial score (nSPS) is 24.3. The van der Waals surface area contributed by atoms with Gasteiger partial charge < -0.3 is 9.84 Å². The van der Waals surface area contributed by atoms with E-state index in [2.05, 4.69) is 4.98 Å². The Balaban J connectivity index is 2.26. The number of rotatable bonds is 3. The van der Waals surface area contributed by atoms with Crippen molar-refractivity contribution in [2.75, 3.05) is 7.11 Å². The number of nitrogens with zero attached hydrogens (tertiary/aromatic N) is 1. The Kier molecular flexibility index (Phi) is 3.61. The predicted octanol–water partition coefficient (Wildman–Crippen LogP) is 2.45. The summed E-state index contributed by atoms with van der Waals surface area (Å²) < 4.78 is 5.13. The molecule has 17 heavy (non-hydrogen) atoms. The van der Waals surface area contributed by atoms with E-state index in [9.17, 15) is 9.90 Å². The van der Waals surface area contributed by atoms with Crippen molar-refractivity contribution in [2.24, 2.45) is 5.92 Å². The molecule has 1 aromatic heterocycles. The highest BCUT2D eigenvalue weighted by Crippen LogP contribution is 2.38. The molecule has 1 fully saturated rings. The summed E-state index contributed by atoms with van der Waals surface area (Å²) in [7, 11) is 1.59. The van der Waals surface area contributed by atoms with Crippen molar-refractivity contribution in [3.63, 3.8) is 0 Å². The zero-order valence-electron chi connectivity index (χ0n) is 9.93. The molecule has 1 aliphatic rings. The third kappa shape index (κ3) is 2.57. The number of aromatic nitrogens is 1. The average molecular weight is 235 g/mol. The minimum Gasteiger partial charge on any atom is -0.495 e. The number of carboxylic acid groups (broad SMARTS) is 1. The summed E-state index contributed by atoms with van der Waals surface area (Å²) >= 11 is 0. The van der Waals surface area contributed by atoms with Gasteiger partial charge >= 0.3 is 5.97 Å². The standard InChI is InChI=1S/C13H17NO3/c1-17-10-6-9(7-14-8-10)11-4-2-3-5-12(11)13(15)16/h6-8,11-12H,2-5H2,1H3,(H,15,16). The van der Waals surface area contributed by atoms with Crippen LogP contribution < -0.4 is 4.74 Å². The second kappa shape index (κ2) is 5.17. The van der Waals surface area contributed by atoms with Gasteiger partial charge in [0.2, 0.25) is 0 Å². The highest BCUT2D eigenvalue weighted by Gasteiger charge is 2.32. The largest absolute Gasteiger partial charge is 0.495 e. The van der Waals surface area contributed by atoms with Gasteiger partial charge in [-0.2, -0.15) is 0 Å². The zero-order chi connectivity index (χ0) is 12.3. The molecule has 2 rings (SSSR count). The lowest BCUT2D eigenvalue weighted by Crippen LogP contribution is -2.25. The molecular weight excluding hydrogens is 218 g/mol. The second-order valence-electron chi connectivity index (χ2n) is 4.49. The second-order valence-corrected chi connectivity index (χ2v) is 4.49. The lowest BCUT2D eigenvalue weighted by molar-refractivity contribution is -0.143. The molecule has 0 spiro atoms. The highest BCUT2D eigenvalue weighted by molar-refractivity contribution is 5.71. The number of carboxylic acids is 1. The molecule has 0 radical (unpaired) electrons. The quantitative estimate of drug-likeness (QED) is 0.874. The van der Waals surface area contributed by atoms with E-state index in [0.717, 1.165) is 31.2 Å². The summed E-state index contributed by atoms with van der Waals surface area (Å²) in [6.45, 7) is 0. The van der Waals surface area contributed by atoms with Crippen LogP contribution in [0.2, 0.25) is 0 Å². The predicted molar refractivity (Wildman–Crippen MR) is 63.1 cm³/mol. The van der Waals surface area contributed by atoms with Gasteiger partial charge in [0.15, 0.2) is 0 Å². The van der Waals surface area contributed by atoms with E-state index < -0.39 is 5.97 Å². The number of carbonyl (C=O) groups is 1. The Morgan fingerprint density at radius 1 is 1.41 bits per heavy atom. The molecule has 1 N–H and O–H groups in total. The third-order valence-corrected chi connectivity index (χ3v) is 3.48. The molecule has 0 amide bonds. The summed E-state index contributed by atoms with van der Waals surface area (Å²) in [5, 5.41) is 9.24. The fourth-order valence-electron chi connectivity index (χ4n) is 2.58. The van der Waals surface area contributed by atoms with Crippen LogP contribution in [0.15, 0.2) is 18.5 Å². The lowest BCUT2D eigenvalue weighted by atomic mass is 9.76. The van der Waals surface area contributed by atoms with Crippen LogP contribution in [0.3, 0.4) is 0 Å². The number of methoxy groups -OCH3 is 1. The van der Waals surface area contributed by atoms with Gasteiger partial charge in [-0.1, -0.05) is 12.8 Å². The zero-order valence-corrected chi connectivity index (χ0v) is 9.93. The maximum Gasteiger partial charge on any atom is 0.307 e. The van der Waals surface area contributed by atoms with Gasteiger partial charge in [0.1, 0.15) is 5.75 Å². The molecule has 0 aliphatic heterocycles. The van der Waals surface area contributed by atoms with Crippen LogP contribution in [0.5, 0.6) is 5.75 Å². The first kappa shape index (κ1) is 11.9. The van der Waals surface area contributed by atoms with E-state index in [1.54, 1.807) is 19.5 Å². The average Bonchev–Trinajstić information content (AvgIpc) is 2.39. The van der Waals surface area contributed by atoms with Gasteiger partial charge in [-0.25, -0.2) is 0 Å². The first-order valence-corrected chi connectivity index (χ1v) is 5.94. The molecule has 1 saturated carbocycles. The van der Waals surface area contributed by atoms with E-state index in [1.807, 2.05) is 6.07 Å². The Labute approximate surface area is 101 Å². The monoisotopic (exact) mass is 235 g/mol. The number of hydrogen-bond donors (Lipinski definition) is 1. The van der Waals surface area contributed by atoms with Crippen molar-refractivity contribution < 1.29 is 14.6 Å². The van der Waals surface area contributed by atoms with Crippen molar-refractivity contribution >= 4 is 5.97 Å². The van der Waals surface area contributed by atoms with Gasteiger partial charge in [-0.15, -0.1) is 0 Å². The van der Waals surface area contributed by atoms with Crippen LogP contribution in [0.1, 0.15) is 37.2 Å². The summed E-state index contributed by atoms with van der Waals surface area (Å²) in [5.41, 5.74) is 0.983. The van der Waals surface area contributed by atoms with Crippen LogP contribution in [-0.4, -0.2) is 23.2 Å². The Morgan fingerprint density at radius 3 is 2.88 bits per heavy atom. The van der Waals surface area contributed by atoms with E-state index in [4.69, 9.17) is 4.74 Å². The Hall–Kier alpha value is -1.58. The number of hydrogen-bond acceptors (Lipinski definition) is 3. The van der Waals surface area contributed by atoms with Crippen LogP contribution >= 0.6 is 0 Å². The fraction of sp³-hybridized carbons (Fsp3) is 0.538. The van der Waals surface area contributed by atoms with E-state index in [0.29, 0.717) is 5.75 Å². The van der Waals surface area contributed by atoms with Crippen molar-refractivity contribution in [1.82, 2.24) is 4.98 Å². The maximum absolute atomic E-state index is 11.2. The van der Waals surface area contributed by atoms with E-state index in [-0.39, 0.29) is 11.8 Å². The molecule has 1 heterocycles. The van der Waals surface area contributed by atoms with Crippen LogP contribution in [0.25, 0.3) is 0 Å². The van der Waals surface area contributed by atoms with Crippen molar-refractivity contribution in [2.45, 2.75) is 31.6 Å². The van der Waals surface area contributed by atoms with Crippen molar-refractivity contribution in [3.05, 3.63) is 24.0 Å². The first-order valence-electron chi connectivity index (χ1n) is 5.94. The summed E-state index contributed by atoms with van der Waals surface area (Å²) in [6.07, 6.45) is 7.18. The summed E-state index contributed by atoms with van der Waals surface area (Å²) in [4.78, 5) is 15.3. The molecule has 0 saturated heterocycles. The van der Waals surface area contributed by atoms with Gasteiger partial charge in [-0.05, 0) is 30.4 Å². The molecule has 4 nitrogen and oxygen atoms in total. The van der Waals surface area contributed by atoms with Gasteiger partial charge in [-0.3, -0.25) is 9.78 Å². The van der Waals surface area contributed by atoms with E-state index >= 15 is 0 Å². The smallest absolute Gasteiger partial charge is 0.307 e. The van der Waals surface area contributed by atoms with Crippen LogP contribution in [0, 0.1) is 5.92 Å². The SMILES string of the molecule is COc1cncc(C2CCCCC2C(=O)O)c1. The number of aliphatic carboxylic acids is 1. The minimum atomic E-state index is -0.697. The molecule has 1 aromatic rings. The molecule has 1 aliphatic carbocycles. The Morgan fingerprint density at radius 2 is 2.18 bits per heavy atom. The van der Waals surface area contributed by atoms with E-state index in [1.165, 1.54) is 0 Å². The summed E-state index contributed by atoms with van der Waals surface area (Å²) in [5.74, 6) is -0.212. The first-order chi connectivity index (χ1) is 8.22. The van der Waals surface area contributed by atoms with Gasteiger partial charge in [0.25, 0.3) is 0 Å².